The van der Waals surface area contributed by atoms with Gasteiger partial charge in [-0.15, -0.1) is 0 Å². The Morgan fingerprint density at radius 2 is 1.06 bits per heavy atom. The molecule has 0 aliphatic rings. The molecule has 0 aliphatic heterocycles. The second-order valence-corrected chi connectivity index (χ2v) is 15.0. The Morgan fingerprint density at radius 3 is 1.45 bits per heavy atom. The first-order chi connectivity index (χ1) is 14.7. The summed E-state index contributed by atoms with van der Waals surface area (Å²) >= 11 is 0. The molecule has 3 nitrogen and oxygen atoms in total. The second kappa shape index (κ2) is 11.2. The fraction of sp³-hybridized carbons (Fsp3) is 0.800. The van der Waals surface area contributed by atoms with Gasteiger partial charge in [-0.05, 0) is 81.1 Å². The Hall–Kier alpha value is -0.900. The van der Waals surface area contributed by atoms with Crippen LogP contribution >= 0.6 is 0 Å². The van der Waals surface area contributed by atoms with Crippen LogP contribution in [0.15, 0.2) is 30.3 Å². The van der Waals surface area contributed by atoms with E-state index in [0.29, 0.717) is 5.92 Å². The summed E-state index contributed by atoms with van der Waals surface area (Å²) in [6.07, 6.45) is 4.36. The molecule has 0 aliphatic carbocycles. The standard InChI is InChI=1S/C30H57N3/c1-24(17-25-15-13-12-14-16-25)18-26(2,3)21-33(22-27(4,5)19-29(8,9)31)23-28(6,7)20-30(10,11)32/h12-16,24H,17-23,31-32H2,1-11H3. The maximum atomic E-state index is 6.44. The number of rotatable bonds is 14. The maximum absolute atomic E-state index is 6.44. The van der Waals surface area contributed by atoms with Gasteiger partial charge < -0.3 is 16.4 Å². The fourth-order valence-electron chi connectivity index (χ4n) is 6.66. The van der Waals surface area contributed by atoms with E-state index in [9.17, 15) is 0 Å². The van der Waals surface area contributed by atoms with Gasteiger partial charge in [0.15, 0.2) is 0 Å². The van der Waals surface area contributed by atoms with Gasteiger partial charge in [0.05, 0.1) is 0 Å². The zero-order valence-electron chi connectivity index (χ0n) is 24.0. The lowest BCUT2D eigenvalue weighted by Gasteiger charge is -2.44. The van der Waals surface area contributed by atoms with E-state index in [1.54, 1.807) is 0 Å². The molecule has 0 aromatic heterocycles. The molecule has 1 aromatic carbocycles. The average molecular weight is 460 g/mol. The summed E-state index contributed by atoms with van der Waals surface area (Å²) in [4.78, 5) is 2.71. The molecule has 0 radical (unpaired) electrons. The smallest absolute Gasteiger partial charge is 0.0103 e. The zero-order chi connectivity index (χ0) is 25.7. The lowest BCUT2D eigenvalue weighted by atomic mass is 9.76. The Bertz CT molecular complexity index is 659. The van der Waals surface area contributed by atoms with Crippen LogP contribution in [0.2, 0.25) is 0 Å². The molecule has 0 bridgehead atoms. The van der Waals surface area contributed by atoms with Crippen LogP contribution in [-0.2, 0) is 6.42 Å². The molecule has 1 aromatic rings. The molecule has 1 rings (SSSR count). The Balaban J connectivity index is 2.98. The van der Waals surface area contributed by atoms with Crippen LogP contribution in [0.3, 0.4) is 0 Å². The number of nitrogens with zero attached hydrogens (tertiary/aromatic N) is 1. The molecule has 192 valence electrons. The SMILES string of the molecule is CC(Cc1ccccc1)CC(C)(C)CN(CC(C)(C)CC(C)(C)N)CC(C)(C)CC(C)(C)N. The van der Waals surface area contributed by atoms with Crippen LogP contribution < -0.4 is 11.5 Å². The predicted octanol–water partition coefficient (Wildman–Crippen LogP) is 6.89. The molecule has 0 heterocycles. The van der Waals surface area contributed by atoms with E-state index in [1.165, 1.54) is 12.0 Å². The molecular formula is C30H57N3. The van der Waals surface area contributed by atoms with Crippen LogP contribution in [0.5, 0.6) is 0 Å². The monoisotopic (exact) mass is 459 g/mol. The average Bonchev–Trinajstić information content (AvgIpc) is 2.48. The van der Waals surface area contributed by atoms with Crippen LogP contribution in [0.25, 0.3) is 0 Å². The third kappa shape index (κ3) is 14.2. The van der Waals surface area contributed by atoms with Gasteiger partial charge in [0, 0.05) is 30.7 Å². The van der Waals surface area contributed by atoms with E-state index in [-0.39, 0.29) is 27.3 Å². The molecule has 0 spiro atoms. The Labute approximate surface area is 207 Å². The molecule has 0 saturated carbocycles. The highest BCUT2D eigenvalue weighted by atomic mass is 15.1. The van der Waals surface area contributed by atoms with Gasteiger partial charge in [0.2, 0.25) is 0 Å². The Kier molecular flexibility index (Phi) is 10.2. The van der Waals surface area contributed by atoms with Gasteiger partial charge in [-0.2, -0.15) is 0 Å². The second-order valence-electron chi connectivity index (χ2n) is 15.0. The minimum Gasteiger partial charge on any atom is -0.326 e. The molecule has 33 heavy (non-hydrogen) atoms. The number of benzene rings is 1. The summed E-state index contributed by atoms with van der Waals surface area (Å²) in [5.41, 5.74) is 14.5. The van der Waals surface area contributed by atoms with Gasteiger partial charge in [-0.1, -0.05) is 78.8 Å². The van der Waals surface area contributed by atoms with Crippen LogP contribution in [0, 0.1) is 22.2 Å². The number of nitrogens with two attached hydrogens (primary N) is 2. The van der Waals surface area contributed by atoms with Crippen LogP contribution in [-0.4, -0.2) is 35.6 Å². The molecule has 0 fully saturated rings. The third-order valence-corrected chi connectivity index (χ3v) is 6.15. The minimum absolute atomic E-state index is 0.151. The van der Waals surface area contributed by atoms with Crippen molar-refractivity contribution in [1.29, 1.82) is 0 Å². The number of hydrogen-bond acceptors (Lipinski definition) is 3. The highest BCUT2D eigenvalue weighted by Gasteiger charge is 2.35. The first kappa shape index (κ1) is 30.1. The molecule has 1 unspecified atom stereocenters. The van der Waals surface area contributed by atoms with Crippen molar-refractivity contribution in [2.75, 3.05) is 19.6 Å². The summed E-state index contributed by atoms with van der Waals surface area (Å²) in [7, 11) is 0. The first-order valence-corrected chi connectivity index (χ1v) is 13.0. The highest BCUT2D eigenvalue weighted by Crippen LogP contribution is 2.35. The summed E-state index contributed by atoms with van der Waals surface area (Å²) in [6.45, 7) is 28.6. The van der Waals surface area contributed by atoms with Gasteiger partial charge in [-0.25, -0.2) is 0 Å². The van der Waals surface area contributed by atoms with Crippen molar-refractivity contribution in [3.05, 3.63) is 35.9 Å². The van der Waals surface area contributed by atoms with Crippen LogP contribution in [0.4, 0.5) is 0 Å². The topological polar surface area (TPSA) is 55.3 Å². The first-order valence-electron chi connectivity index (χ1n) is 13.0. The Morgan fingerprint density at radius 1 is 0.667 bits per heavy atom. The summed E-state index contributed by atoms with van der Waals surface area (Å²) < 4.78 is 0. The lowest BCUT2D eigenvalue weighted by molar-refractivity contribution is 0.0585. The largest absolute Gasteiger partial charge is 0.326 e. The van der Waals surface area contributed by atoms with Gasteiger partial charge in [-0.3, -0.25) is 0 Å². The van der Waals surface area contributed by atoms with Gasteiger partial charge >= 0.3 is 0 Å². The van der Waals surface area contributed by atoms with Crippen molar-refractivity contribution >= 4 is 0 Å². The fourth-order valence-corrected chi connectivity index (χ4v) is 6.66. The van der Waals surface area contributed by atoms with Crippen molar-refractivity contribution in [2.45, 2.75) is 113 Å². The molecule has 1 atom stereocenters. The van der Waals surface area contributed by atoms with Gasteiger partial charge in [0.1, 0.15) is 0 Å². The summed E-state index contributed by atoms with van der Waals surface area (Å²) in [5.74, 6) is 0.649. The van der Waals surface area contributed by atoms with Crippen molar-refractivity contribution in [3.63, 3.8) is 0 Å². The van der Waals surface area contributed by atoms with E-state index in [1.807, 2.05) is 0 Å². The lowest BCUT2D eigenvalue weighted by Crippen LogP contribution is -2.49. The predicted molar refractivity (Wildman–Crippen MR) is 147 cm³/mol. The highest BCUT2D eigenvalue weighted by molar-refractivity contribution is 5.15. The number of hydrogen-bond donors (Lipinski definition) is 2. The quantitative estimate of drug-likeness (QED) is 0.318. The summed E-state index contributed by atoms with van der Waals surface area (Å²) in [5, 5.41) is 0. The van der Waals surface area contributed by atoms with Gasteiger partial charge in [0.25, 0.3) is 0 Å². The third-order valence-electron chi connectivity index (χ3n) is 6.15. The van der Waals surface area contributed by atoms with E-state index in [4.69, 9.17) is 11.5 Å². The molecule has 3 heteroatoms. The molecule has 0 amide bonds. The zero-order valence-corrected chi connectivity index (χ0v) is 24.0. The van der Waals surface area contributed by atoms with Crippen molar-refractivity contribution < 1.29 is 0 Å². The minimum atomic E-state index is -0.163. The van der Waals surface area contributed by atoms with Crippen molar-refractivity contribution in [3.8, 4) is 0 Å². The van der Waals surface area contributed by atoms with E-state index >= 15 is 0 Å². The molecule has 0 saturated heterocycles. The van der Waals surface area contributed by atoms with Crippen molar-refractivity contribution in [2.24, 2.45) is 33.6 Å². The van der Waals surface area contributed by atoms with E-state index < -0.39 is 0 Å². The normalized spacial score (nSPS) is 15.2. The van der Waals surface area contributed by atoms with Crippen molar-refractivity contribution in [1.82, 2.24) is 4.90 Å². The van der Waals surface area contributed by atoms with Crippen LogP contribution in [0.1, 0.15) is 101 Å². The van der Waals surface area contributed by atoms with E-state index in [2.05, 4.69) is 111 Å². The molecular weight excluding hydrogens is 402 g/mol. The maximum Gasteiger partial charge on any atom is 0.0103 e. The summed E-state index contributed by atoms with van der Waals surface area (Å²) in [6, 6.07) is 10.9. The molecule has 4 N–H and O–H groups in total. The van der Waals surface area contributed by atoms with E-state index in [0.717, 1.165) is 38.9 Å².